The molecule has 0 bridgehead atoms. The standard InChI is InChI=1S/C20H24N6O3/c1-20(2,3)26-17(27)12-29-15-7-5-6-13(8-15)18-21-11-16(28-4)19(25-18)24-14-9-22-23-10-14/h5-11H,12H2,1-4H3,(H,22,23)(H,26,27)(H,21,24,25). The zero-order valence-corrected chi connectivity index (χ0v) is 16.8. The van der Waals surface area contributed by atoms with Crippen LogP contribution in [0.15, 0.2) is 42.9 Å². The summed E-state index contributed by atoms with van der Waals surface area (Å²) in [6, 6.07) is 7.25. The van der Waals surface area contributed by atoms with Gasteiger partial charge in [-0.05, 0) is 32.9 Å². The van der Waals surface area contributed by atoms with E-state index in [-0.39, 0.29) is 18.1 Å². The Morgan fingerprint density at radius 1 is 1.24 bits per heavy atom. The van der Waals surface area contributed by atoms with Crippen molar-refractivity contribution in [3.63, 3.8) is 0 Å². The van der Waals surface area contributed by atoms with Gasteiger partial charge in [-0.1, -0.05) is 12.1 Å². The molecule has 0 radical (unpaired) electrons. The van der Waals surface area contributed by atoms with Gasteiger partial charge in [-0.25, -0.2) is 9.97 Å². The smallest absolute Gasteiger partial charge is 0.258 e. The van der Waals surface area contributed by atoms with Crippen molar-refractivity contribution in [2.24, 2.45) is 0 Å². The highest BCUT2D eigenvalue weighted by atomic mass is 16.5. The number of anilines is 2. The lowest BCUT2D eigenvalue weighted by atomic mass is 10.1. The molecular weight excluding hydrogens is 372 g/mol. The Labute approximate surface area is 168 Å². The molecule has 0 fully saturated rings. The molecular formula is C20H24N6O3. The third-order valence-corrected chi connectivity index (χ3v) is 3.71. The number of hydrogen-bond donors (Lipinski definition) is 3. The highest BCUT2D eigenvalue weighted by molar-refractivity contribution is 5.78. The zero-order valence-electron chi connectivity index (χ0n) is 16.8. The van der Waals surface area contributed by atoms with Crippen molar-refractivity contribution in [3.8, 4) is 22.9 Å². The quantitative estimate of drug-likeness (QED) is 0.562. The summed E-state index contributed by atoms with van der Waals surface area (Å²) in [4.78, 5) is 20.9. The second-order valence-corrected chi connectivity index (χ2v) is 7.34. The van der Waals surface area contributed by atoms with Crippen LogP contribution in [-0.2, 0) is 4.79 Å². The number of H-pyrrole nitrogens is 1. The summed E-state index contributed by atoms with van der Waals surface area (Å²) in [6.45, 7) is 5.68. The maximum absolute atomic E-state index is 12.0. The predicted molar refractivity (Wildman–Crippen MR) is 109 cm³/mol. The monoisotopic (exact) mass is 396 g/mol. The summed E-state index contributed by atoms with van der Waals surface area (Å²) >= 11 is 0. The maximum Gasteiger partial charge on any atom is 0.258 e. The predicted octanol–water partition coefficient (Wildman–Crippen LogP) is 2.91. The van der Waals surface area contributed by atoms with E-state index >= 15 is 0 Å². The Kier molecular flexibility index (Phi) is 5.96. The fraction of sp³-hybridized carbons (Fsp3) is 0.300. The van der Waals surface area contributed by atoms with Crippen molar-refractivity contribution < 1.29 is 14.3 Å². The molecule has 0 saturated carbocycles. The van der Waals surface area contributed by atoms with E-state index in [1.54, 1.807) is 37.8 Å². The van der Waals surface area contributed by atoms with E-state index in [0.29, 0.717) is 23.1 Å². The number of carbonyl (C=O) groups excluding carboxylic acids is 1. The molecule has 0 unspecified atom stereocenters. The molecule has 3 N–H and O–H groups in total. The molecule has 0 aliphatic carbocycles. The van der Waals surface area contributed by atoms with Crippen LogP contribution in [0.1, 0.15) is 20.8 Å². The zero-order chi connectivity index (χ0) is 20.9. The van der Waals surface area contributed by atoms with E-state index in [2.05, 4.69) is 30.8 Å². The average molecular weight is 396 g/mol. The molecule has 0 aliphatic rings. The summed E-state index contributed by atoms with van der Waals surface area (Å²) in [6.07, 6.45) is 4.94. The first-order chi connectivity index (χ1) is 13.8. The Balaban J connectivity index is 1.76. The SMILES string of the molecule is COc1cnc(-c2cccc(OCC(=O)NC(C)(C)C)c2)nc1Nc1cn[nH]c1. The lowest BCUT2D eigenvalue weighted by Gasteiger charge is -2.20. The van der Waals surface area contributed by atoms with Gasteiger partial charge in [-0.2, -0.15) is 5.10 Å². The lowest BCUT2D eigenvalue weighted by Crippen LogP contribution is -2.43. The molecule has 2 aromatic heterocycles. The lowest BCUT2D eigenvalue weighted by molar-refractivity contribution is -0.124. The Morgan fingerprint density at radius 2 is 2.07 bits per heavy atom. The summed E-state index contributed by atoms with van der Waals surface area (Å²) in [7, 11) is 1.55. The topological polar surface area (TPSA) is 114 Å². The Hall–Kier alpha value is -3.62. The average Bonchev–Trinajstić information content (AvgIpc) is 3.18. The van der Waals surface area contributed by atoms with Gasteiger partial charge in [0.25, 0.3) is 5.91 Å². The van der Waals surface area contributed by atoms with Crippen molar-refractivity contribution in [1.29, 1.82) is 0 Å². The number of nitrogens with zero attached hydrogens (tertiary/aromatic N) is 3. The van der Waals surface area contributed by atoms with Gasteiger partial charge in [0.15, 0.2) is 24.0 Å². The molecule has 2 heterocycles. The van der Waals surface area contributed by atoms with Crippen molar-refractivity contribution >= 4 is 17.4 Å². The molecule has 0 aliphatic heterocycles. The fourth-order valence-corrected chi connectivity index (χ4v) is 2.53. The van der Waals surface area contributed by atoms with Crippen LogP contribution < -0.4 is 20.1 Å². The highest BCUT2D eigenvalue weighted by Gasteiger charge is 2.15. The van der Waals surface area contributed by atoms with E-state index in [0.717, 1.165) is 11.3 Å². The summed E-state index contributed by atoms with van der Waals surface area (Å²) in [5.74, 6) is 1.86. The van der Waals surface area contributed by atoms with E-state index in [1.807, 2.05) is 32.9 Å². The normalized spacial score (nSPS) is 11.0. The number of carbonyl (C=O) groups is 1. The molecule has 1 aromatic carbocycles. The van der Waals surface area contributed by atoms with Gasteiger partial charge in [0.05, 0.1) is 25.2 Å². The minimum atomic E-state index is -0.308. The Morgan fingerprint density at radius 3 is 2.76 bits per heavy atom. The van der Waals surface area contributed by atoms with Gasteiger partial charge in [-0.15, -0.1) is 0 Å². The molecule has 0 spiro atoms. The van der Waals surface area contributed by atoms with Crippen molar-refractivity contribution in [1.82, 2.24) is 25.5 Å². The maximum atomic E-state index is 12.0. The summed E-state index contributed by atoms with van der Waals surface area (Å²) < 4.78 is 10.9. The van der Waals surface area contributed by atoms with Gasteiger partial charge < -0.3 is 20.1 Å². The van der Waals surface area contributed by atoms with Crippen LogP contribution in [-0.4, -0.2) is 45.3 Å². The van der Waals surface area contributed by atoms with E-state index in [4.69, 9.17) is 9.47 Å². The van der Waals surface area contributed by atoms with E-state index in [1.165, 1.54) is 0 Å². The first-order valence-electron chi connectivity index (χ1n) is 9.05. The van der Waals surface area contributed by atoms with Crippen molar-refractivity contribution in [2.45, 2.75) is 26.3 Å². The number of hydrogen-bond acceptors (Lipinski definition) is 7. The minimum absolute atomic E-state index is 0.0719. The number of aromatic nitrogens is 4. The molecule has 9 heteroatoms. The van der Waals surface area contributed by atoms with Crippen LogP contribution in [0.4, 0.5) is 11.5 Å². The number of methoxy groups -OCH3 is 1. The molecule has 152 valence electrons. The number of amides is 1. The Bertz CT molecular complexity index is 967. The third-order valence-electron chi connectivity index (χ3n) is 3.71. The van der Waals surface area contributed by atoms with Gasteiger partial charge in [0, 0.05) is 17.3 Å². The van der Waals surface area contributed by atoms with Crippen LogP contribution in [0.5, 0.6) is 11.5 Å². The molecule has 3 rings (SSSR count). The molecule has 1 amide bonds. The molecule has 9 nitrogen and oxygen atoms in total. The number of aromatic amines is 1. The van der Waals surface area contributed by atoms with Crippen LogP contribution in [0.25, 0.3) is 11.4 Å². The summed E-state index contributed by atoms with van der Waals surface area (Å²) in [5.41, 5.74) is 1.18. The molecule has 3 aromatic rings. The number of rotatable bonds is 7. The van der Waals surface area contributed by atoms with Gasteiger partial charge in [0.1, 0.15) is 5.75 Å². The number of nitrogens with one attached hydrogen (secondary N) is 3. The molecule has 0 atom stereocenters. The molecule has 29 heavy (non-hydrogen) atoms. The highest BCUT2D eigenvalue weighted by Crippen LogP contribution is 2.28. The van der Waals surface area contributed by atoms with Crippen LogP contribution >= 0.6 is 0 Å². The number of benzene rings is 1. The summed E-state index contributed by atoms with van der Waals surface area (Å²) in [5, 5.41) is 12.6. The largest absolute Gasteiger partial charge is 0.491 e. The third kappa shape index (κ3) is 5.68. The van der Waals surface area contributed by atoms with Crippen LogP contribution in [0.2, 0.25) is 0 Å². The second kappa shape index (κ2) is 8.59. The van der Waals surface area contributed by atoms with Gasteiger partial charge >= 0.3 is 0 Å². The first kappa shape index (κ1) is 20.1. The second-order valence-electron chi connectivity index (χ2n) is 7.34. The molecule has 0 saturated heterocycles. The van der Waals surface area contributed by atoms with Crippen molar-refractivity contribution in [2.75, 3.05) is 19.0 Å². The van der Waals surface area contributed by atoms with Crippen LogP contribution in [0.3, 0.4) is 0 Å². The number of ether oxygens (including phenoxy) is 2. The first-order valence-corrected chi connectivity index (χ1v) is 9.05. The fourth-order valence-electron chi connectivity index (χ4n) is 2.53. The van der Waals surface area contributed by atoms with E-state index < -0.39 is 0 Å². The van der Waals surface area contributed by atoms with E-state index in [9.17, 15) is 4.79 Å². The van der Waals surface area contributed by atoms with Gasteiger partial charge in [-0.3, -0.25) is 9.89 Å². The van der Waals surface area contributed by atoms with Crippen molar-refractivity contribution in [3.05, 3.63) is 42.9 Å². The van der Waals surface area contributed by atoms with Crippen LogP contribution in [0, 0.1) is 0 Å². The minimum Gasteiger partial charge on any atom is -0.491 e. The van der Waals surface area contributed by atoms with Gasteiger partial charge in [0.2, 0.25) is 0 Å².